The third-order valence-electron chi connectivity index (χ3n) is 1.54. The van der Waals surface area contributed by atoms with E-state index in [0.717, 1.165) is 5.92 Å². The van der Waals surface area contributed by atoms with Gasteiger partial charge >= 0.3 is 0 Å². The highest BCUT2D eigenvalue weighted by Crippen LogP contribution is 2.09. The van der Waals surface area contributed by atoms with Gasteiger partial charge in [-0.15, -0.1) is 0 Å². The molecule has 0 aromatic rings. The van der Waals surface area contributed by atoms with Gasteiger partial charge < -0.3 is 0 Å². The average Bonchev–Trinajstić information content (AvgIpc) is 1.82. The van der Waals surface area contributed by atoms with Crippen molar-refractivity contribution in [1.29, 1.82) is 0 Å². The first-order valence-electron chi connectivity index (χ1n) is 4.34. The first-order valence-corrected chi connectivity index (χ1v) is 4.34. The minimum atomic E-state index is 0.719. The van der Waals surface area contributed by atoms with Crippen LogP contribution in [0.5, 0.6) is 0 Å². The van der Waals surface area contributed by atoms with Crippen molar-refractivity contribution in [2.45, 2.75) is 47.0 Å². The van der Waals surface area contributed by atoms with Crippen LogP contribution in [0.1, 0.15) is 47.0 Å². The molecule has 0 saturated heterocycles. The Bertz CT molecular complexity index is 98.6. The lowest BCUT2D eigenvalue weighted by Crippen LogP contribution is -1.83. The molecule has 0 saturated carbocycles. The Balaban J connectivity index is 3.49. The first kappa shape index (κ1) is 9.74. The van der Waals surface area contributed by atoms with E-state index in [0.29, 0.717) is 0 Å². The summed E-state index contributed by atoms with van der Waals surface area (Å²) >= 11 is 0. The van der Waals surface area contributed by atoms with Crippen LogP contribution in [0.3, 0.4) is 0 Å². The molecule has 0 rings (SSSR count). The second kappa shape index (κ2) is 5.52. The van der Waals surface area contributed by atoms with Crippen LogP contribution in [-0.2, 0) is 0 Å². The molecule has 0 aliphatic rings. The van der Waals surface area contributed by atoms with Crippen molar-refractivity contribution in [1.82, 2.24) is 0 Å². The van der Waals surface area contributed by atoms with Crippen LogP contribution in [0.15, 0.2) is 11.6 Å². The Hall–Kier alpha value is -0.260. The first-order chi connectivity index (χ1) is 4.66. The summed E-state index contributed by atoms with van der Waals surface area (Å²) in [7, 11) is 0. The molecule has 0 aromatic heterocycles. The van der Waals surface area contributed by atoms with Gasteiger partial charge in [-0.2, -0.15) is 0 Å². The van der Waals surface area contributed by atoms with Crippen LogP contribution in [0.4, 0.5) is 0 Å². The van der Waals surface area contributed by atoms with Crippen LogP contribution in [0.25, 0.3) is 0 Å². The smallest absolute Gasteiger partial charge is 0.0288 e. The maximum Gasteiger partial charge on any atom is -0.0288 e. The third kappa shape index (κ3) is 5.87. The number of allylic oxidation sites excluding steroid dienone is 2. The highest BCUT2D eigenvalue weighted by molar-refractivity contribution is 4.98. The van der Waals surface area contributed by atoms with Crippen LogP contribution < -0.4 is 0 Å². The number of hydrogen-bond donors (Lipinski definition) is 0. The summed E-state index contributed by atoms with van der Waals surface area (Å²) in [5, 5.41) is 0. The van der Waals surface area contributed by atoms with Crippen LogP contribution in [0, 0.1) is 5.92 Å². The standard InChI is InChI=1S/C10H20/c1-5-6-7-10(4)8-9(2)3/h8-9H,5-7H2,1-4H3/b10-8-. The van der Waals surface area contributed by atoms with E-state index in [-0.39, 0.29) is 0 Å². The van der Waals surface area contributed by atoms with Crippen molar-refractivity contribution in [3.63, 3.8) is 0 Å². The van der Waals surface area contributed by atoms with Crippen LogP contribution >= 0.6 is 0 Å². The van der Waals surface area contributed by atoms with Gasteiger partial charge in [0.15, 0.2) is 0 Å². The highest BCUT2D eigenvalue weighted by Gasteiger charge is 1.90. The molecule has 0 N–H and O–H groups in total. The van der Waals surface area contributed by atoms with Gasteiger partial charge in [0.2, 0.25) is 0 Å². The van der Waals surface area contributed by atoms with Crippen LogP contribution in [0.2, 0.25) is 0 Å². The van der Waals surface area contributed by atoms with Crippen molar-refractivity contribution < 1.29 is 0 Å². The maximum absolute atomic E-state index is 2.36. The van der Waals surface area contributed by atoms with Gasteiger partial charge in [0.05, 0.1) is 0 Å². The van der Waals surface area contributed by atoms with E-state index in [4.69, 9.17) is 0 Å². The molecule has 0 spiro atoms. The monoisotopic (exact) mass is 140 g/mol. The summed E-state index contributed by atoms with van der Waals surface area (Å²) in [6, 6.07) is 0. The fraction of sp³-hybridized carbons (Fsp3) is 0.800. The molecule has 0 fully saturated rings. The topological polar surface area (TPSA) is 0 Å². The quantitative estimate of drug-likeness (QED) is 0.521. The molecule has 0 aliphatic carbocycles. The van der Waals surface area contributed by atoms with E-state index in [1.807, 2.05) is 0 Å². The Morgan fingerprint density at radius 3 is 2.40 bits per heavy atom. The molecule has 10 heavy (non-hydrogen) atoms. The minimum Gasteiger partial charge on any atom is -0.0830 e. The Morgan fingerprint density at radius 2 is 2.00 bits per heavy atom. The second-order valence-electron chi connectivity index (χ2n) is 3.36. The van der Waals surface area contributed by atoms with Gasteiger partial charge in [0, 0.05) is 0 Å². The molecule has 60 valence electrons. The fourth-order valence-corrected chi connectivity index (χ4v) is 1.11. The molecular formula is C10H20. The molecule has 0 radical (unpaired) electrons. The lowest BCUT2D eigenvalue weighted by atomic mass is 10.1. The summed E-state index contributed by atoms with van der Waals surface area (Å²) in [5.41, 5.74) is 1.55. The van der Waals surface area contributed by atoms with E-state index in [1.54, 1.807) is 5.57 Å². The van der Waals surface area contributed by atoms with E-state index >= 15 is 0 Å². The van der Waals surface area contributed by atoms with Crippen LogP contribution in [-0.4, -0.2) is 0 Å². The number of rotatable bonds is 4. The molecule has 0 amide bonds. The number of hydrogen-bond acceptors (Lipinski definition) is 0. The lowest BCUT2D eigenvalue weighted by Gasteiger charge is -2.01. The SMILES string of the molecule is CCCC/C(C)=C\C(C)C. The molecule has 0 unspecified atom stereocenters. The zero-order valence-corrected chi connectivity index (χ0v) is 7.78. The van der Waals surface area contributed by atoms with Crippen molar-refractivity contribution in [2.24, 2.45) is 5.92 Å². The van der Waals surface area contributed by atoms with Gasteiger partial charge in [0.1, 0.15) is 0 Å². The summed E-state index contributed by atoms with van der Waals surface area (Å²) in [5.74, 6) is 0.719. The molecule has 0 aromatic carbocycles. The van der Waals surface area contributed by atoms with Gasteiger partial charge in [-0.1, -0.05) is 38.8 Å². The van der Waals surface area contributed by atoms with Crippen molar-refractivity contribution >= 4 is 0 Å². The molecule has 0 nitrogen and oxygen atoms in total. The van der Waals surface area contributed by atoms with Gasteiger partial charge in [-0.05, 0) is 25.7 Å². The Labute approximate surface area is 65.3 Å². The summed E-state index contributed by atoms with van der Waals surface area (Å²) in [6.45, 7) is 8.93. The summed E-state index contributed by atoms with van der Waals surface area (Å²) < 4.78 is 0. The van der Waals surface area contributed by atoms with Crippen molar-refractivity contribution in [2.75, 3.05) is 0 Å². The van der Waals surface area contributed by atoms with E-state index in [2.05, 4.69) is 33.8 Å². The van der Waals surface area contributed by atoms with Gasteiger partial charge in [-0.25, -0.2) is 0 Å². The molecule has 0 aliphatic heterocycles. The van der Waals surface area contributed by atoms with Gasteiger partial charge in [-0.3, -0.25) is 0 Å². The van der Waals surface area contributed by atoms with Crippen molar-refractivity contribution in [3.8, 4) is 0 Å². The molecule has 0 heteroatoms. The molecular weight excluding hydrogens is 120 g/mol. The van der Waals surface area contributed by atoms with Gasteiger partial charge in [0.25, 0.3) is 0 Å². The maximum atomic E-state index is 2.36. The normalized spacial score (nSPS) is 12.7. The summed E-state index contributed by atoms with van der Waals surface area (Å²) in [6.07, 6.45) is 6.29. The second-order valence-corrected chi connectivity index (χ2v) is 3.36. The predicted molar refractivity (Wildman–Crippen MR) is 48.1 cm³/mol. The van der Waals surface area contributed by atoms with Crippen molar-refractivity contribution in [3.05, 3.63) is 11.6 Å². The molecule has 0 heterocycles. The number of unbranched alkanes of at least 4 members (excludes halogenated alkanes) is 1. The van der Waals surface area contributed by atoms with E-state index in [9.17, 15) is 0 Å². The molecule has 0 atom stereocenters. The largest absolute Gasteiger partial charge is 0.0830 e. The van der Waals surface area contributed by atoms with E-state index < -0.39 is 0 Å². The zero-order chi connectivity index (χ0) is 7.98. The zero-order valence-electron chi connectivity index (χ0n) is 7.78. The Morgan fingerprint density at radius 1 is 1.40 bits per heavy atom. The highest BCUT2D eigenvalue weighted by atomic mass is 14.0. The molecule has 0 bridgehead atoms. The minimum absolute atomic E-state index is 0.719. The Kier molecular flexibility index (Phi) is 5.38. The predicted octanol–water partition coefficient (Wildman–Crippen LogP) is 3.78. The van der Waals surface area contributed by atoms with E-state index in [1.165, 1.54) is 19.3 Å². The third-order valence-corrected chi connectivity index (χ3v) is 1.54. The average molecular weight is 140 g/mol. The fourth-order valence-electron chi connectivity index (χ4n) is 1.11. The summed E-state index contributed by atoms with van der Waals surface area (Å²) in [4.78, 5) is 0. The lowest BCUT2D eigenvalue weighted by molar-refractivity contribution is 0.759.